The number of amides is 3. The molecule has 9 heteroatoms. The molecule has 0 bridgehead atoms. The molecule has 2 aromatic heterocycles. The molecule has 0 spiro atoms. The van der Waals surface area contributed by atoms with Gasteiger partial charge in [-0.25, -0.2) is 9.78 Å². The van der Waals surface area contributed by atoms with Crippen LogP contribution in [0.5, 0.6) is 0 Å². The maximum Gasteiger partial charge on any atom is 0.318 e. The number of fused-ring (bicyclic) bond motifs is 3. The highest BCUT2D eigenvalue weighted by Gasteiger charge is 2.25. The van der Waals surface area contributed by atoms with Gasteiger partial charge in [0.15, 0.2) is 5.16 Å². The summed E-state index contributed by atoms with van der Waals surface area (Å²) in [4.78, 5) is 42.8. The van der Waals surface area contributed by atoms with Crippen LogP contribution in [0.25, 0.3) is 10.2 Å². The quantitative estimate of drug-likeness (QED) is 0.550. The molecule has 7 nitrogen and oxygen atoms in total. The highest BCUT2D eigenvalue weighted by Crippen LogP contribution is 2.36. The second-order valence-electron chi connectivity index (χ2n) is 7.77. The first-order chi connectivity index (χ1) is 13.3. The summed E-state index contributed by atoms with van der Waals surface area (Å²) < 4.78 is 1.69. The number of hydrogen-bond donors (Lipinski definition) is 2. The number of nitrogens with one attached hydrogen (secondary N) is 1. The fraction of sp³-hybridized carbons (Fsp3) is 0.579. The number of carbonyl (C=O) groups is 2. The van der Waals surface area contributed by atoms with Gasteiger partial charge >= 0.3 is 6.03 Å². The summed E-state index contributed by atoms with van der Waals surface area (Å²) in [5.41, 5.74) is 6.14. The third-order valence-corrected chi connectivity index (χ3v) is 7.03. The first-order valence-corrected chi connectivity index (χ1v) is 11.3. The predicted molar refractivity (Wildman–Crippen MR) is 113 cm³/mol. The lowest BCUT2D eigenvalue weighted by Gasteiger charge is -2.18. The van der Waals surface area contributed by atoms with E-state index >= 15 is 0 Å². The zero-order valence-electron chi connectivity index (χ0n) is 16.4. The molecular weight excluding hydrogens is 396 g/mol. The summed E-state index contributed by atoms with van der Waals surface area (Å²) in [6.45, 7) is 7.01. The van der Waals surface area contributed by atoms with Crippen LogP contribution in [0.15, 0.2) is 9.95 Å². The largest absolute Gasteiger partial charge is 0.351 e. The normalized spacial score (nSPS) is 16.4. The SMILES string of the molecule is CC(C)CCn1c(SCC(=O)NC(N)=O)nc2sc3c(c2c1=O)CC[C@@H](C)C3. The molecule has 3 amide bonds. The molecule has 1 aliphatic carbocycles. The summed E-state index contributed by atoms with van der Waals surface area (Å²) in [5.74, 6) is 0.539. The van der Waals surface area contributed by atoms with Crippen LogP contribution < -0.4 is 16.6 Å². The van der Waals surface area contributed by atoms with Crippen LogP contribution in [0.2, 0.25) is 0 Å². The van der Waals surface area contributed by atoms with Crippen LogP contribution in [0.1, 0.15) is 44.1 Å². The van der Waals surface area contributed by atoms with E-state index in [4.69, 9.17) is 10.7 Å². The number of hydrogen-bond acceptors (Lipinski definition) is 6. The van der Waals surface area contributed by atoms with Crippen molar-refractivity contribution in [2.24, 2.45) is 17.6 Å². The highest BCUT2D eigenvalue weighted by molar-refractivity contribution is 7.99. The van der Waals surface area contributed by atoms with E-state index in [1.807, 2.05) is 5.32 Å². The van der Waals surface area contributed by atoms with E-state index in [2.05, 4.69) is 20.8 Å². The summed E-state index contributed by atoms with van der Waals surface area (Å²) in [7, 11) is 0. The van der Waals surface area contributed by atoms with E-state index in [0.717, 1.165) is 53.2 Å². The number of nitrogens with two attached hydrogens (primary N) is 1. The summed E-state index contributed by atoms with van der Waals surface area (Å²) >= 11 is 2.76. The van der Waals surface area contributed by atoms with E-state index in [0.29, 0.717) is 23.5 Å². The van der Waals surface area contributed by atoms with Gasteiger partial charge < -0.3 is 5.73 Å². The van der Waals surface area contributed by atoms with E-state index in [-0.39, 0.29) is 11.3 Å². The molecule has 2 aromatic rings. The number of rotatable bonds is 6. The molecular formula is C19H26N4O3S2. The lowest BCUT2D eigenvalue weighted by atomic mass is 9.89. The van der Waals surface area contributed by atoms with Crippen molar-refractivity contribution in [2.45, 2.75) is 58.2 Å². The fourth-order valence-corrected chi connectivity index (χ4v) is 5.65. The smallest absolute Gasteiger partial charge is 0.318 e. The van der Waals surface area contributed by atoms with Crippen LogP contribution in [0, 0.1) is 11.8 Å². The molecule has 3 rings (SSSR count). The Morgan fingerprint density at radius 1 is 1.43 bits per heavy atom. The minimum atomic E-state index is -0.883. The topological polar surface area (TPSA) is 107 Å². The van der Waals surface area contributed by atoms with Gasteiger partial charge in [0.1, 0.15) is 4.83 Å². The highest BCUT2D eigenvalue weighted by atomic mass is 32.2. The van der Waals surface area contributed by atoms with E-state index < -0.39 is 11.9 Å². The number of aryl methyl sites for hydroxylation is 1. The van der Waals surface area contributed by atoms with Gasteiger partial charge in [-0.15, -0.1) is 11.3 Å². The van der Waals surface area contributed by atoms with Crippen LogP contribution in [0.3, 0.4) is 0 Å². The van der Waals surface area contributed by atoms with Gasteiger partial charge in [0.2, 0.25) is 5.91 Å². The first kappa shape index (κ1) is 20.9. The number of primary amides is 1. The monoisotopic (exact) mass is 422 g/mol. The van der Waals surface area contributed by atoms with Crippen LogP contribution in [-0.2, 0) is 24.2 Å². The van der Waals surface area contributed by atoms with Crippen LogP contribution in [0.4, 0.5) is 4.79 Å². The first-order valence-electron chi connectivity index (χ1n) is 9.53. The molecule has 0 aromatic carbocycles. The number of imide groups is 1. The van der Waals surface area contributed by atoms with Gasteiger partial charge in [0, 0.05) is 11.4 Å². The van der Waals surface area contributed by atoms with Crippen molar-refractivity contribution in [1.29, 1.82) is 0 Å². The van der Waals surface area contributed by atoms with E-state index in [1.165, 1.54) is 4.88 Å². The number of urea groups is 1. The van der Waals surface area contributed by atoms with Gasteiger partial charge in [0.05, 0.1) is 11.1 Å². The zero-order valence-corrected chi connectivity index (χ0v) is 18.0. The lowest BCUT2D eigenvalue weighted by molar-refractivity contribution is -0.117. The van der Waals surface area contributed by atoms with Crippen molar-refractivity contribution in [3.63, 3.8) is 0 Å². The Kier molecular flexibility index (Phi) is 6.44. The van der Waals surface area contributed by atoms with Gasteiger partial charge in [0.25, 0.3) is 5.56 Å². The molecule has 0 saturated carbocycles. The standard InChI is InChI=1S/C19H26N4O3S2/c1-10(2)6-7-23-17(25)15-12-5-4-11(3)8-13(12)28-16(15)22-19(23)27-9-14(24)21-18(20)26/h10-11H,4-9H2,1-3H3,(H3,20,21,24,26)/t11-/m1/s1. The molecule has 152 valence electrons. The summed E-state index contributed by atoms with van der Waals surface area (Å²) in [6.07, 6.45) is 3.85. The average Bonchev–Trinajstić information content (AvgIpc) is 2.95. The molecule has 0 unspecified atom stereocenters. The van der Waals surface area contributed by atoms with Gasteiger partial charge in [-0.3, -0.25) is 19.5 Å². The molecule has 1 aliphatic rings. The minimum Gasteiger partial charge on any atom is -0.351 e. The number of thiophene rings is 1. The molecule has 0 radical (unpaired) electrons. The molecule has 3 N–H and O–H groups in total. The molecule has 1 atom stereocenters. The van der Waals surface area contributed by atoms with Crippen molar-refractivity contribution >= 4 is 45.3 Å². The van der Waals surface area contributed by atoms with Crippen molar-refractivity contribution in [1.82, 2.24) is 14.9 Å². The molecule has 2 heterocycles. The summed E-state index contributed by atoms with van der Waals surface area (Å²) in [5, 5.41) is 3.32. The van der Waals surface area contributed by atoms with Crippen molar-refractivity contribution in [3.8, 4) is 0 Å². The molecule has 0 aliphatic heterocycles. The Labute approximate surface area is 172 Å². The van der Waals surface area contributed by atoms with Gasteiger partial charge in [-0.05, 0) is 43.1 Å². The Hall–Kier alpha value is -1.87. The van der Waals surface area contributed by atoms with Crippen LogP contribution >= 0.6 is 23.1 Å². The minimum absolute atomic E-state index is 0.0180. The Bertz CT molecular complexity index is 964. The number of aromatic nitrogens is 2. The lowest BCUT2D eigenvalue weighted by Crippen LogP contribution is -2.36. The van der Waals surface area contributed by atoms with Gasteiger partial charge in [-0.1, -0.05) is 32.5 Å². The van der Waals surface area contributed by atoms with E-state index in [9.17, 15) is 14.4 Å². The fourth-order valence-electron chi connectivity index (χ4n) is 3.40. The van der Waals surface area contributed by atoms with Crippen LogP contribution in [-0.4, -0.2) is 27.2 Å². The second-order valence-corrected chi connectivity index (χ2v) is 9.79. The van der Waals surface area contributed by atoms with E-state index in [1.54, 1.807) is 15.9 Å². The second kappa shape index (κ2) is 8.65. The molecule has 28 heavy (non-hydrogen) atoms. The Balaban J connectivity index is 2.00. The number of carbonyl (C=O) groups excluding carboxylic acids is 2. The summed E-state index contributed by atoms with van der Waals surface area (Å²) in [6, 6.07) is -0.883. The maximum atomic E-state index is 13.3. The predicted octanol–water partition coefficient (Wildman–Crippen LogP) is 2.92. The third-order valence-electron chi connectivity index (χ3n) is 4.91. The van der Waals surface area contributed by atoms with Crippen molar-refractivity contribution in [3.05, 3.63) is 20.8 Å². The van der Waals surface area contributed by atoms with Gasteiger partial charge in [-0.2, -0.15) is 0 Å². The molecule has 0 fully saturated rings. The van der Waals surface area contributed by atoms with Crippen molar-refractivity contribution in [2.75, 3.05) is 5.75 Å². The Morgan fingerprint density at radius 3 is 2.86 bits per heavy atom. The third kappa shape index (κ3) is 4.57. The number of nitrogens with zero attached hydrogens (tertiary/aromatic N) is 2. The van der Waals surface area contributed by atoms with Crippen molar-refractivity contribution < 1.29 is 9.59 Å². The zero-order chi connectivity index (χ0) is 20.4. The Morgan fingerprint density at radius 2 is 2.18 bits per heavy atom. The average molecular weight is 423 g/mol. The molecule has 0 saturated heterocycles. The number of thioether (sulfide) groups is 1. The maximum absolute atomic E-state index is 13.3.